The highest BCUT2D eigenvalue weighted by Gasteiger charge is 2.18. The minimum atomic E-state index is -0.387. The van der Waals surface area contributed by atoms with Crippen LogP contribution < -0.4 is 10.1 Å². The first kappa shape index (κ1) is 12.8. The molecule has 1 aliphatic rings. The van der Waals surface area contributed by atoms with Crippen molar-refractivity contribution in [3.63, 3.8) is 0 Å². The Kier molecular flexibility index (Phi) is 4.15. The van der Waals surface area contributed by atoms with E-state index >= 15 is 0 Å². The lowest BCUT2D eigenvalue weighted by atomic mass is 10.0. The van der Waals surface area contributed by atoms with Crippen LogP contribution in [0, 0.1) is 23.0 Å². The maximum atomic E-state index is 10.9. The first-order valence-electron chi connectivity index (χ1n) is 6.25. The maximum absolute atomic E-state index is 10.9. The molecule has 1 atom stereocenters. The van der Waals surface area contributed by atoms with Gasteiger partial charge in [0, 0.05) is 18.5 Å². The van der Waals surface area contributed by atoms with E-state index in [2.05, 4.69) is 5.32 Å². The first-order chi connectivity index (χ1) is 8.66. The predicted octanol–water partition coefficient (Wildman–Crippen LogP) is 2.28. The van der Waals surface area contributed by atoms with Gasteiger partial charge in [-0.25, -0.2) is 0 Å². The molecule has 1 unspecified atom stereocenters. The summed E-state index contributed by atoms with van der Waals surface area (Å²) in [5, 5.41) is 14.2. The number of nitrogens with zero attached hydrogens (tertiary/aromatic N) is 1. The van der Waals surface area contributed by atoms with Crippen LogP contribution in [-0.4, -0.2) is 24.6 Å². The number of piperidine rings is 1. The van der Waals surface area contributed by atoms with E-state index in [-0.39, 0.29) is 10.6 Å². The van der Waals surface area contributed by atoms with E-state index in [0.29, 0.717) is 18.3 Å². The van der Waals surface area contributed by atoms with Gasteiger partial charge in [-0.15, -0.1) is 0 Å². The Morgan fingerprint density at radius 3 is 3.06 bits per heavy atom. The summed E-state index contributed by atoms with van der Waals surface area (Å²) in [5.41, 5.74) is 0.923. The lowest BCUT2D eigenvalue weighted by Crippen LogP contribution is -2.33. The van der Waals surface area contributed by atoms with E-state index in [1.807, 2.05) is 13.0 Å². The van der Waals surface area contributed by atoms with Crippen LogP contribution in [0.4, 0.5) is 5.69 Å². The zero-order valence-electron chi connectivity index (χ0n) is 10.5. The minimum Gasteiger partial charge on any atom is -0.486 e. The molecule has 5 nitrogen and oxygen atoms in total. The number of hydrogen-bond donors (Lipinski definition) is 1. The van der Waals surface area contributed by atoms with Gasteiger partial charge in [-0.05, 0) is 37.9 Å². The summed E-state index contributed by atoms with van der Waals surface area (Å²) in [6, 6.07) is 5.07. The Hall–Kier alpha value is -1.62. The summed E-state index contributed by atoms with van der Waals surface area (Å²) >= 11 is 0. The van der Waals surface area contributed by atoms with E-state index in [1.165, 1.54) is 0 Å². The van der Waals surface area contributed by atoms with Crippen molar-refractivity contribution >= 4 is 5.69 Å². The number of aryl methyl sites for hydroxylation is 1. The zero-order valence-corrected chi connectivity index (χ0v) is 10.5. The van der Waals surface area contributed by atoms with Crippen molar-refractivity contribution in [2.24, 2.45) is 5.92 Å². The van der Waals surface area contributed by atoms with Crippen molar-refractivity contribution in [3.05, 3.63) is 33.9 Å². The standard InChI is InChI=1S/C13H18N2O3/c1-10-4-5-13(12(7-10)15(16)17)18-9-11-3-2-6-14-8-11/h4-5,7,11,14H,2-3,6,8-9H2,1H3. The molecule has 1 aliphatic heterocycles. The van der Waals surface area contributed by atoms with Crippen molar-refractivity contribution in [1.29, 1.82) is 0 Å². The molecule has 1 fully saturated rings. The third-order valence-corrected chi connectivity index (χ3v) is 3.18. The summed E-state index contributed by atoms with van der Waals surface area (Å²) in [4.78, 5) is 10.6. The SMILES string of the molecule is Cc1ccc(OCC2CCCNC2)c([N+](=O)[O-])c1. The third-order valence-electron chi connectivity index (χ3n) is 3.18. The highest BCUT2D eigenvalue weighted by molar-refractivity contribution is 5.48. The molecule has 18 heavy (non-hydrogen) atoms. The largest absolute Gasteiger partial charge is 0.486 e. The van der Waals surface area contributed by atoms with Gasteiger partial charge in [0.1, 0.15) is 0 Å². The average Bonchev–Trinajstić information content (AvgIpc) is 2.38. The van der Waals surface area contributed by atoms with Crippen LogP contribution in [-0.2, 0) is 0 Å². The summed E-state index contributed by atoms with van der Waals surface area (Å²) in [5.74, 6) is 0.816. The van der Waals surface area contributed by atoms with E-state index in [9.17, 15) is 10.1 Å². The van der Waals surface area contributed by atoms with Crippen LogP contribution in [0.25, 0.3) is 0 Å². The second-order valence-corrected chi connectivity index (χ2v) is 4.75. The minimum absolute atomic E-state index is 0.0544. The van der Waals surface area contributed by atoms with Crippen molar-refractivity contribution in [3.8, 4) is 5.75 Å². The normalized spacial score (nSPS) is 19.5. The second-order valence-electron chi connectivity index (χ2n) is 4.75. The van der Waals surface area contributed by atoms with Gasteiger partial charge >= 0.3 is 5.69 Å². The number of rotatable bonds is 4. The Bertz CT molecular complexity index is 428. The molecule has 2 rings (SSSR count). The third kappa shape index (κ3) is 3.20. The number of hydrogen-bond acceptors (Lipinski definition) is 4. The van der Waals surface area contributed by atoms with E-state index < -0.39 is 0 Å². The summed E-state index contributed by atoms with van der Waals surface area (Å²) in [6.07, 6.45) is 2.26. The van der Waals surface area contributed by atoms with Gasteiger partial charge in [0.25, 0.3) is 0 Å². The van der Waals surface area contributed by atoms with E-state index in [1.54, 1.807) is 12.1 Å². The fourth-order valence-electron chi connectivity index (χ4n) is 2.17. The van der Waals surface area contributed by atoms with Crippen LogP contribution in [0.1, 0.15) is 18.4 Å². The van der Waals surface area contributed by atoms with Crippen molar-refractivity contribution in [2.45, 2.75) is 19.8 Å². The molecule has 0 spiro atoms. The van der Waals surface area contributed by atoms with E-state index in [4.69, 9.17) is 4.74 Å². The van der Waals surface area contributed by atoms with Gasteiger partial charge in [-0.2, -0.15) is 0 Å². The molecule has 98 valence electrons. The molecular weight excluding hydrogens is 232 g/mol. The topological polar surface area (TPSA) is 64.4 Å². The molecular formula is C13H18N2O3. The quantitative estimate of drug-likeness (QED) is 0.657. The molecule has 5 heteroatoms. The lowest BCUT2D eigenvalue weighted by Gasteiger charge is -2.22. The van der Waals surface area contributed by atoms with Crippen LogP contribution >= 0.6 is 0 Å². The molecule has 0 bridgehead atoms. The summed E-state index contributed by atoms with van der Waals surface area (Å²) in [7, 11) is 0. The van der Waals surface area contributed by atoms with Gasteiger partial charge in [0.15, 0.2) is 5.75 Å². The molecule has 0 radical (unpaired) electrons. The molecule has 0 saturated carbocycles. The van der Waals surface area contributed by atoms with Gasteiger partial charge in [-0.3, -0.25) is 10.1 Å². The van der Waals surface area contributed by atoms with Crippen molar-refractivity contribution in [1.82, 2.24) is 5.32 Å². The van der Waals surface area contributed by atoms with Crippen LogP contribution in [0.3, 0.4) is 0 Å². The first-order valence-corrected chi connectivity index (χ1v) is 6.25. The molecule has 1 aromatic rings. The highest BCUT2D eigenvalue weighted by Crippen LogP contribution is 2.28. The molecule has 1 aromatic carbocycles. The highest BCUT2D eigenvalue weighted by atomic mass is 16.6. The Morgan fingerprint density at radius 2 is 2.39 bits per heavy atom. The molecule has 1 saturated heterocycles. The molecule has 0 aromatic heterocycles. The van der Waals surface area contributed by atoms with Gasteiger partial charge < -0.3 is 10.1 Å². The number of nitro benzene ring substituents is 1. The monoisotopic (exact) mass is 250 g/mol. The molecule has 0 aliphatic carbocycles. The maximum Gasteiger partial charge on any atom is 0.311 e. The molecule has 0 amide bonds. The van der Waals surface area contributed by atoms with Crippen LogP contribution in [0.2, 0.25) is 0 Å². The fraction of sp³-hybridized carbons (Fsp3) is 0.538. The Balaban J connectivity index is 2.01. The number of nitro groups is 1. The second kappa shape index (κ2) is 5.82. The Morgan fingerprint density at radius 1 is 1.56 bits per heavy atom. The number of nitrogens with one attached hydrogen (secondary N) is 1. The summed E-state index contributed by atoms with van der Waals surface area (Å²) in [6.45, 7) is 4.36. The molecule has 1 N–H and O–H groups in total. The van der Waals surface area contributed by atoms with Gasteiger partial charge in [0.05, 0.1) is 11.5 Å². The number of ether oxygens (including phenoxy) is 1. The zero-order chi connectivity index (χ0) is 13.0. The lowest BCUT2D eigenvalue weighted by molar-refractivity contribution is -0.386. The van der Waals surface area contributed by atoms with Gasteiger partial charge in [0.2, 0.25) is 0 Å². The average molecular weight is 250 g/mol. The number of benzene rings is 1. The molecule has 1 heterocycles. The van der Waals surface area contributed by atoms with Crippen molar-refractivity contribution < 1.29 is 9.66 Å². The van der Waals surface area contributed by atoms with E-state index in [0.717, 1.165) is 31.5 Å². The Labute approximate surface area is 106 Å². The predicted molar refractivity (Wildman–Crippen MR) is 68.9 cm³/mol. The smallest absolute Gasteiger partial charge is 0.311 e. The van der Waals surface area contributed by atoms with Crippen molar-refractivity contribution in [2.75, 3.05) is 19.7 Å². The van der Waals surface area contributed by atoms with Crippen LogP contribution in [0.5, 0.6) is 5.75 Å². The van der Waals surface area contributed by atoms with Crippen LogP contribution in [0.15, 0.2) is 18.2 Å². The summed E-state index contributed by atoms with van der Waals surface area (Å²) < 4.78 is 5.61. The van der Waals surface area contributed by atoms with Gasteiger partial charge in [-0.1, -0.05) is 6.07 Å². The fourth-order valence-corrected chi connectivity index (χ4v) is 2.17.